The van der Waals surface area contributed by atoms with E-state index in [9.17, 15) is 0 Å². The van der Waals surface area contributed by atoms with E-state index < -0.39 is 0 Å². The Hall–Kier alpha value is -4.42. The van der Waals surface area contributed by atoms with Gasteiger partial charge in [0.1, 0.15) is 0 Å². The molecule has 0 nitrogen and oxygen atoms in total. The molecule has 0 saturated heterocycles. The zero-order valence-electron chi connectivity index (χ0n) is 18.5. The van der Waals surface area contributed by atoms with Gasteiger partial charge in [-0.2, -0.15) is 0 Å². The molecule has 0 aliphatic carbocycles. The first-order valence-corrected chi connectivity index (χ1v) is 11.9. The van der Waals surface area contributed by atoms with Crippen LogP contribution < -0.4 is 0 Å². The first-order valence-electron chi connectivity index (χ1n) is 11.9. The van der Waals surface area contributed by atoms with Crippen molar-refractivity contribution in [2.45, 2.75) is 0 Å². The molecule has 0 bridgehead atoms. The average Bonchev–Trinajstić information content (AvgIpc) is 2.91. The Morgan fingerprint density at radius 1 is 0.235 bits per heavy atom. The van der Waals surface area contributed by atoms with E-state index in [4.69, 9.17) is 0 Å². The summed E-state index contributed by atoms with van der Waals surface area (Å²) in [5, 5.41) is 15.9. The number of hydrogen-bond donors (Lipinski definition) is 0. The topological polar surface area (TPSA) is 0 Å². The predicted molar refractivity (Wildman–Crippen MR) is 148 cm³/mol. The SMILES string of the molecule is c1cc2ccc3ccc(-c4cccc5c6ccccc6c6ccccc6c45)c4ccc(c1)c2c34. The van der Waals surface area contributed by atoms with Gasteiger partial charge >= 0.3 is 0 Å². The Bertz CT molecular complexity index is 2000. The summed E-state index contributed by atoms with van der Waals surface area (Å²) in [4.78, 5) is 0. The minimum absolute atomic E-state index is 1.30. The number of rotatable bonds is 1. The minimum atomic E-state index is 1.30. The Balaban J connectivity index is 1.60. The molecule has 0 N–H and O–H groups in total. The summed E-state index contributed by atoms with van der Waals surface area (Å²) in [7, 11) is 0. The lowest BCUT2D eigenvalue weighted by Crippen LogP contribution is -1.90. The van der Waals surface area contributed by atoms with Crippen LogP contribution in [0.2, 0.25) is 0 Å². The first kappa shape index (κ1) is 18.1. The molecule has 8 aromatic carbocycles. The highest BCUT2D eigenvalue weighted by molar-refractivity contribution is 6.31. The fraction of sp³-hybridized carbons (Fsp3) is 0. The Labute approximate surface area is 197 Å². The molecule has 0 radical (unpaired) electrons. The monoisotopic (exact) mass is 428 g/mol. The van der Waals surface area contributed by atoms with Crippen molar-refractivity contribution in [2.24, 2.45) is 0 Å². The van der Waals surface area contributed by atoms with E-state index >= 15 is 0 Å². The van der Waals surface area contributed by atoms with Gasteiger partial charge in [-0.1, -0.05) is 121 Å². The highest BCUT2D eigenvalue weighted by Crippen LogP contribution is 2.44. The molecule has 8 aromatic rings. The van der Waals surface area contributed by atoms with Crippen LogP contribution in [0.3, 0.4) is 0 Å². The Morgan fingerprint density at radius 3 is 1.44 bits per heavy atom. The second-order valence-electron chi connectivity index (χ2n) is 9.29. The van der Waals surface area contributed by atoms with Gasteiger partial charge in [-0.05, 0) is 75.8 Å². The van der Waals surface area contributed by atoms with Crippen molar-refractivity contribution in [1.82, 2.24) is 0 Å². The molecule has 0 amide bonds. The Kier molecular flexibility index (Phi) is 3.48. The third kappa shape index (κ3) is 2.27. The molecule has 0 spiro atoms. The smallest absolute Gasteiger partial charge is 0.00201 e. The van der Waals surface area contributed by atoms with Crippen molar-refractivity contribution in [3.8, 4) is 11.1 Å². The summed E-state index contributed by atoms with van der Waals surface area (Å²) in [6.45, 7) is 0. The van der Waals surface area contributed by atoms with Gasteiger partial charge < -0.3 is 0 Å². The molecule has 8 rings (SSSR count). The van der Waals surface area contributed by atoms with Crippen LogP contribution in [-0.4, -0.2) is 0 Å². The van der Waals surface area contributed by atoms with E-state index in [1.807, 2.05) is 0 Å². The molecule has 0 fully saturated rings. The van der Waals surface area contributed by atoms with Gasteiger partial charge in [0.15, 0.2) is 0 Å². The van der Waals surface area contributed by atoms with Crippen molar-refractivity contribution in [1.29, 1.82) is 0 Å². The van der Waals surface area contributed by atoms with E-state index in [0.717, 1.165) is 0 Å². The maximum absolute atomic E-state index is 2.32. The highest BCUT2D eigenvalue weighted by Gasteiger charge is 2.16. The maximum atomic E-state index is 2.32. The summed E-state index contributed by atoms with van der Waals surface area (Å²) < 4.78 is 0. The van der Waals surface area contributed by atoms with E-state index in [-0.39, 0.29) is 0 Å². The molecule has 0 heterocycles. The second kappa shape index (κ2) is 6.56. The van der Waals surface area contributed by atoms with E-state index in [0.29, 0.717) is 0 Å². The van der Waals surface area contributed by atoms with E-state index in [2.05, 4.69) is 121 Å². The lowest BCUT2D eigenvalue weighted by Gasteiger charge is -2.17. The summed E-state index contributed by atoms with van der Waals surface area (Å²) in [5.41, 5.74) is 2.61. The molecule has 0 aliphatic rings. The molecular weight excluding hydrogens is 408 g/mol. The normalized spacial score (nSPS) is 12.1. The van der Waals surface area contributed by atoms with Gasteiger partial charge in [0.2, 0.25) is 0 Å². The van der Waals surface area contributed by atoms with Crippen LogP contribution >= 0.6 is 0 Å². The lowest BCUT2D eigenvalue weighted by atomic mass is 9.86. The van der Waals surface area contributed by atoms with Crippen LogP contribution in [0.1, 0.15) is 0 Å². The summed E-state index contributed by atoms with van der Waals surface area (Å²) >= 11 is 0. The fourth-order valence-electron chi connectivity index (χ4n) is 6.15. The molecule has 0 unspecified atom stereocenters. The number of benzene rings is 8. The zero-order chi connectivity index (χ0) is 22.2. The van der Waals surface area contributed by atoms with Gasteiger partial charge in [-0.3, -0.25) is 0 Å². The van der Waals surface area contributed by atoms with Gasteiger partial charge in [-0.15, -0.1) is 0 Å². The largest absolute Gasteiger partial charge is 0.0616 e. The molecular formula is C34H20. The first-order chi connectivity index (χ1) is 16.9. The third-order valence-corrected chi connectivity index (χ3v) is 7.59. The highest BCUT2D eigenvalue weighted by atomic mass is 14.2. The molecule has 156 valence electrons. The van der Waals surface area contributed by atoms with Crippen LogP contribution in [-0.2, 0) is 0 Å². The molecule has 0 saturated carbocycles. The number of hydrogen-bond acceptors (Lipinski definition) is 0. The van der Waals surface area contributed by atoms with Crippen molar-refractivity contribution in [2.75, 3.05) is 0 Å². The van der Waals surface area contributed by atoms with Crippen molar-refractivity contribution in [3.63, 3.8) is 0 Å². The quantitative estimate of drug-likeness (QED) is 0.228. The molecule has 0 heteroatoms. The van der Waals surface area contributed by atoms with E-state index in [1.54, 1.807) is 0 Å². The number of fused-ring (bicyclic) bond motifs is 6. The van der Waals surface area contributed by atoms with Gasteiger partial charge in [0.05, 0.1) is 0 Å². The second-order valence-corrected chi connectivity index (χ2v) is 9.29. The van der Waals surface area contributed by atoms with Gasteiger partial charge in [0.25, 0.3) is 0 Å². The van der Waals surface area contributed by atoms with Crippen molar-refractivity contribution >= 4 is 64.6 Å². The Morgan fingerprint density at radius 2 is 0.735 bits per heavy atom. The summed E-state index contributed by atoms with van der Waals surface area (Å²) in [6.07, 6.45) is 0. The van der Waals surface area contributed by atoms with Gasteiger partial charge in [-0.25, -0.2) is 0 Å². The van der Waals surface area contributed by atoms with Crippen LogP contribution in [0, 0.1) is 0 Å². The van der Waals surface area contributed by atoms with Crippen molar-refractivity contribution < 1.29 is 0 Å². The van der Waals surface area contributed by atoms with Crippen LogP contribution in [0.15, 0.2) is 121 Å². The standard InChI is InChI=1S/C34H20/c1-2-10-26-24(9-1)25-11-3-4-12-28(25)34-29(26)13-6-14-30(34)27-19-17-23-16-15-21-7-5-8-22-18-20-31(27)33(23)32(21)22/h1-20H. The minimum Gasteiger partial charge on any atom is -0.0616 e. The van der Waals surface area contributed by atoms with Crippen molar-refractivity contribution in [3.05, 3.63) is 121 Å². The lowest BCUT2D eigenvalue weighted by molar-refractivity contribution is 1.72. The van der Waals surface area contributed by atoms with Gasteiger partial charge in [0, 0.05) is 0 Å². The molecule has 0 atom stereocenters. The van der Waals surface area contributed by atoms with Crippen LogP contribution in [0.25, 0.3) is 75.8 Å². The average molecular weight is 429 g/mol. The van der Waals surface area contributed by atoms with E-state index in [1.165, 1.54) is 75.8 Å². The summed E-state index contributed by atoms with van der Waals surface area (Å²) in [6, 6.07) is 44.8. The molecule has 0 aliphatic heterocycles. The molecule has 0 aromatic heterocycles. The third-order valence-electron chi connectivity index (χ3n) is 7.59. The summed E-state index contributed by atoms with van der Waals surface area (Å²) in [5.74, 6) is 0. The zero-order valence-corrected chi connectivity index (χ0v) is 18.5. The predicted octanol–water partition coefficient (Wildman–Crippen LogP) is 9.71. The van der Waals surface area contributed by atoms with Crippen LogP contribution in [0.4, 0.5) is 0 Å². The maximum Gasteiger partial charge on any atom is -0.00201 e. The van der Waals surface area contributed by atoms with Crippen LogP contribution in [0.5, 0.6) is 0 Å². The fourth-order valence-corrected chi connectivity index (χ4v) is 6.15. The molecule has 34 heavy (non-hydrogen) atoms.